The number of nitriles is 1. The first-order chi connectivity index (χ1) is 9.80. The van der Waals surface area contributed by atoms with E-state index in [9.17, 15) is 13.2 Å². The number of sulfonamides is 1. The summed E-state index contributed by atoms with van der Waals surface area (Å²) in [6.45, 7) is 3.76. The van der Waals surface area contributed by atoms with Gasteiger partial charge < -0.3 is 4.74 Å². The Hall–Kier alpha value is -1.91. The Labute approximate surface area is 124 Å². The minimum absolute atomic E-state index is 0.000779. The lowest BCUT2D eigenvalue weighted by molar-refractivity contribution is -0.143. The molecule has 0 saturated carbocycles. The zero-order chi connectivity index (χ0) is 16.0. The second kappa shape index (κ2) is 7.20. The fourth-order valence-corrected chi connectivity index (χ4v) is 2.97. The van der Waals surface area contributed by atoms with Crippen LogP contribution in [0.25, 0.3) is 0 Å². The fraction of sp³-hybridized carbons (Fsp3) is 0.429. The van der Waals surface area contributed by atoms with Crippen LogP contribution < -0.4 is 4.72 Å². The molecule has 1 atom stereocenters. The number of nitrogens with one attached hydrogen (secondary N) is 1. The zero-order valence-electron chi connectivity index (χ0n) is 12.2. The topological polar surface area (TPSA) is 96.3 Å². The normalized spacial score (nSPS) is 12.7. The lowest BCUT2D eigenvalue weighted by Crippen LogP contribution is -2.42. The largest absolute Gasteiger partial charge is 0.468 e. The number of carbonyl (C=O) groups excluding carboxylic acids is 1. The second-order valence-corrected chi connectivity index (χ2v) is 6.68. The summed E-state index contributed by atoms with van der Waals surface area (Å²) < 4.78 is 31.5. The van der Waals surface area contributed by atoms with Gasteiger partial charge in [-0.25, -0.2) is 8.42 Å². The highest BCUT2D eigenvalue weighted by Gasteiger charge is 2.27. The Morgan fingerprint density at radius 1 is 1.33 bits per heavy atom. The van der Waals surface area contributed by atoms with Gasteiger partial charge in [-0.2, -0.15) is 9.98 Å². The molecule has 1 aromatic rings. The Bertz CT molecular complexity index is 630. The molecule has 0 heterocycles. The van der Waals surface area contributed by atoms with E-state index >= 15 is 0 Å². The monoisotopic (exact) mass is 310 g/mol. The molecule has 1 unspecified atom stereocenters. The van der Waals surface area contributed by atoms with Gasteiger partial charge in [-0.05, 0) is 36.6 Å². The maximum Gasteiger partial charge on any atom is 0.323 e. The average molecular weight is 310 g/mol. The standard InChI is InChI=1S/C14H18N2O4S/c1-10(2)8-13(14(17)20-3)16-21(18,19)12-6-4-11(9-15)5-7-12/h4-7,10,13,16H,8H2,1-3H3. The quantitative estimate of drug-likeness (QED) is 0.802. The molecule has 0 saturated heterocycles. The summed E-state index contributed by atoms with van der Waals surface area (Å²) in [6.07, 6.45) is 0.335. The maximum atomic E-state index is 12.2. The van der Waals surface area contributed by atoms with Crippen LogP contribution in [0.15, 0.2) is 29.2 Å². The first-order valence-corrected chi connectivity index (χ1v) is 7.88. The lowest BCUT2D eigenvalue weighted by Gasteiger charge is -2.18. The molecule has 0 spiro atoms. The number of methoxy groups -OCH3 is 1. The molecule has 0 bridgehead atoms. The van der Waals surface area contributed by atoms with Crippen molar-refractivity contribution in [3.8, 4) is 6.07 Å². The van der Waals surface area contributed by atoms with Gasteiger partial charge in [0.2, 0.25) is 10.0 Å². The molecular weight excluding hydrogens is 292 g/mol. The van der Waals surface area contributed by atoms with E-state index < -0.39 is 22.0 Å². The van der Waals surface area contributed by atoms with Gasteiger partial charge in [-0.3, -0.25) is 4.79 Å². The van der Waals surface area contributed by atoms with Crippen molar-refractivity contribution in [1.29, 1.82) is 5.26 Å². The Morgan fingerprint density at radius 2 is 1.90 bits per heavy atom. The van der Waals surface area contributed by atoms with Crippen LogP contribution in [0.2, 0.25) is 0 Å². The summed E-state index contributed by atoms with van der Waals surface area (Å²) in [4.78, 5) is 11.7. The first kappa shape index (κ1) is 17.1. The molecule has 0 aliphatic rings. The van der Waals surface area contributed by atoms with Crippen molar-refractivity contribution >= 4 is 16.0 Å². The third kappa shape index (κ3) is 4.85. The van der Waals surface area contributed by atoms with Gasteiger partial charge >= 0.3 is 5.97 Å². The number of hydrogen-bond acceptors (Lipinski definition) is 5. The molecule has 1 N–H and O–H groups in total. The highest BCUT2D eigenvalue weighted by molar-refractivity contribution is 7.89. The van der Waals surface area contributed by atoms with Gasteiger partial charge in [-0.15, -0.1) is 0 Å². The number of hydrogen-bond donors (Lipinski definition) is 1. The number of ether oxygens (including phenoxy) is 1. The molecule has 6 nitrogen and oxygen atoms in total. The van der Waals surface area contributed by atoms with E-state index in [-0.39, 0.29) is 10.8 Å². The van der Waals surface area contributed by atoms with Crippen molar-refractivity contribution in [3.05, 3.63) is 29.8 Å². The molecule has 0 aliphatic carbocycles. The number of rotatable bonds is 6. The van der Waals surface area contributed by atoms with Crippen LogP contribution in [0.3, 0.4) is 0 Å². The summed E-state index contributed by atoms with van der Waals surface area (Å²) >= 11 is 0. The van der Waals surface area contributed by atoms with E-state index in [1.807, 2.05) is 19.9 Å². The Morgan fingerprint density at radius 3 is 2.33 bits per heavy atom. The van der Waals surface area contributed by atoms with E-state index in [0.29, 0.717) is 12.0 Å². The fourth-order valence-electron chi connectivity index (χ4n) is 1.77. The predicted octanol–water partition coefficient (Wildman–Crippen LogP) is 1.42. The number of esters is 1. The number of nitrogens with zero attached hydrogens (tertiary/aromatic N) is 1. The van der Waals surface area contributed by atoms with E-state index in [2.05, 4.69) is 9.46 Å². The molecular formula is C14H18N2O4S. The van der Waals surface area contributed by atoms with E-state index in [1.165, 1.54) is 31.4 Å². The highest BCUT2D eigenvalue weighted by Crippen LogP contribution is 2.13. The van der Waals surface area contributed by atoms with Crippen LogP contribution in [0.5, 0.6) is 0 Å². The third-order valence-electron chi connectivity index (χ3n) is 2.78. The molecule has 0 fully saturated rings. The van der Waals surface area contributed by atoms with Crippen LogP contribution >= 0.6 is 0 Å². The van der Waals surface area contributed by atoms with Crippen LogP contribution in [0, 0.1) is 17.2 Å². The van der Waals surface area contributed by atoms with Gasteiger partial charge in [0, 0.05) is 0 Å². The smallest absolute Gasteiger partial charge is 0.323 e. The van der Waals surface area contributed by atoms with Gasteiger partial charge in [0.05, 0.1) is 23.6 Å². The van der Waals surface area contributed by atoms with Gasteiger partial charge in [0.15, 0.2) is 0 Å². The molecule has 1 rings (SSSR count). The summed E-state index contributed by atoms with van der Waals surface area (Å²) in [5.74, 6) is -0.501. The highest BCUT2D eigenvalue weighted by atomic mass is 32.2. The van der Waals surface area contributed by atoms with Crippen LogP contribution in [0.4, 0.5) is 0 Å². The van der Waals surface area contributed by atoms with E-state index in [0.717, 1.165) is 0 Å². The van der Waals surface area contributed by atoms with Gasteiger partial charge in [0.25, 0.3) is 0 Å². The zero-order valence-corrected chi connectivity index (χ0v) is 13.0. The molecule has 114 valence electrons. The third-order valence-corrected chi connectivity index (χ3v) is 4.27. The Kier molecular flexibility index (Phi) is 5.88. The molecule has 0 aliphatic heterocycles. The Balaban J connectivity index is 2.99. The second-order valence-electron chi connectivity index (χ2n) is 4.96. The minimum Gasteiger partial charge on any atom is -0.468 e. The van der Waals surface area contributed by atoms with Crippen molar-refractivity contribution in [3.63, 3.8) is 0 Å². The van der Waals surface area contributed by atoms with Crippen molar-refractivity contribution in [1.82, 2.24) is 4.72 Å². The van der Waals surface area contributed by atoms with Crippen molar-refractivity contribution in [2.75, 3.05) is 7.11 Å². The van der Waals surface area contributed by atoms with Crippen molar-refractivity contribution in [2.45, 2.75) is 31.2 Å². The molecule has 21 heavy (non-hydrogen) atoms. The van der Waals surface area contributed by atoms with Crippen LogP contribution in [-0.4, -0.2) is 27.5 Å². The van der Waals surface area contributed by atoms with Crippen molar-refractivity contribution in [2.24, 2.45) is 5.92 Å². The predicted molar refractivity (Wildman–Crippen MR) is 76.7 cm³/mol. The molecule has 0 amide bonds. The summed E-state index contributed by atoms with van der Waals surface area (Å²) in [7, 11) is -2.63. The van der Waals surface area contributed by atoms with E-state index in [1.54, 1.807) is 0 Å². The molecule has 0 radical (unpaired) electrons. The first-order valence-electron chi connectivity index (χ1n) is 6.40. The molecule has 7 heteroatoms. The maximum absolute atomic E-state index is 12.2. The summed E-state index contributed by atoms with van der Waals surface area (Å²) in [6, 6.07) is 6.44. The van der Waals surface area contributed by atoms with Crippen LogP contribution in [0.1, 0.15) is 25.8 Å². The van der Waals surface area contributed by atoms with Gasteiger partial charge in [0.1, 0.15) is 6.04 Å². The van der Waals surface area contributed by atoms with Gasteiger partial charge in [-0.1, -0.05) is 13.8 Å². The molecule has 0 aromatic heterocycles. The number of benzene rings is 1. The summed E-state index contributed by atoms with van der Waals surface area (Å²) in [5, 5.41) is 8.70. The van der Waals surface area contributed by atoms with Crippen molar-refractivity contribution < 1.29 is 17.9 Å². The number of carbonyl (C=O) groups is 1. The van der Waals surface area contributed by atoms with Crippen LogP contribution in [-0.2, 0) is 19.6 Å². The average Bonchev–Trinajstić information content (AvgIpc) is 2.45. The van der Waals surface area contributed by atoms with E-state index in [4.69, 9.17) is 5.26 Å². The summed E-state index contributed by atoms with van der Waals surface area (Å²) in [5.41, 5.74) is 0.362. The molecule has 1 aromatic carbocycles. The lowest BCUT2D eigenvalue weighted by atomic mass is 10.1. The minimum atomic E-state index is -3.85. The SMILES string of the molecule is COC(=O)C(CC(C)C)NS(=O)(=O)c1ccc(C#N)cc1.